The van der Waals surface area contributed by atoms with Crippen molar-refractivity contribution in [3.63, 3.8) is 0 Å². The van der Waals surface area contributed by atoms with Gasteiger partial charge in [-0.2, -0.15) is 5.26 Å². The van der Waals surface area contributed by atoms with Crippen LogP contribution >= 0.6 is 0 Å². The van der Waals surface area contributed by atoms with Crippen molar-refractivity contribution >= 4 is 0 Å². The Bertz CT molecular complexity index is 673. The Morgan fingerprint density at radius 1 is 0.909 bits per heavy atom. The van der Waals surface area contributed by atoms with Gasteiger partial charge in [-0.25, -0.2) is 0 Å². The highest BCUT2D eigenvalue weighted by atomic mass is 16.5. The van der Waals surface area contributed by atoms with Gasteiger partial charge in [-0.05, 0) is 47.9 Å². The molecule has 2 rings (SSSR count). The number of ether oxygens (including phenoxy) is 1. The molecular weight excluding hydrogens is 270 g/mol. The highest BCUT2D eigenvalue weighted by Crippen LogP contribution is 2.22. The molecule has 0 aliphatic heterocycles. The Hall–Kier alpha value is -2.79. The molecule has 0 amide bonds. The molecule has 2 heteroatoms. The van der Waals surface area contributed by atoms with Crippen LogP contribution in [0, 0.1) is 11.3 Å². The molecule has 2 aromatic carbocycles. The number of rotatable bonds is 6. The van der Waals surface area contributed by atoms with Crippen LogP contribution in [0.3, 0.4) is 0 Å². The molecule has 0 aliphatic rings. The largest absolute Gasteiger partial charge is 0.490 e. The first-order chi connectivity index (χ1) is 10.8. The first-order valence-electron chi connectivity index (χ1n) is 7.38. The maximum atomic E-state index is 8.81. The number of allylic oxidation sites excluding steroid dienone is 3. The van der Waals surface area contributed by atoms with Gasteiger partial charge in [-0.3, -0.25) is 0 Å². The third kappa shape index (κ3) is 4.64. The molecular formula is C20H19NO. The zero-order chi connectivity index (χ0) is 15.6. The van der Waals surface area contributed by atoms with Crippen molar-refractivity contribution in [3.05, 3.63) is 78.4 Å². The monoisotopic (exact) mass is 289 g/mol. The van der Waals surface area contributed by atoms with Crippen LogP contribution in [-0.2, 0) is 0 Å². The molecule has 2 aromatic rings. The summed E-state index contributed by atoms with van der Waals surface area (Å²) in [5.41, 5.74) is 2.88. The summed E-state index contributed by atoms with van der Waals surface area (Å²) in [4.78, 5) is 0. The molecule has 0 N–H and O–H groups in total. The van der Waals surface area contributed by atoms with Gasteiger partial charge in [0.15, 0.2) is 0 Å². The Morgan fingerprint density at radius 2 is 1.50 bits per heavy atom. The van der Waals surface area contributed by atoms with E-state index >= 15 is 0 Å². The molecule has 2 nitrogen and oxygen atoms in total. The summed E-state index contributed by atoms with van der Waals surface area (Å²) in [6.45, 7) is 2.67. The van der Waals surface area contributed by atoms with Gasteiger partial charge in [-0.1, -0.05) is 49.4 Å². The van der Waals surface area contributed by atoms with Gasteiger partial charge in [-0.15, -0.1) is 0 Å². The number of nitrogens with zero attached hydrogens (tertiary/aromatic N) is 1. The van der Waals surface area contributed by atoms with Crippen LogP contribution in [-0.4, -0.2) is 6.61 Å². The van der Waals surface area contributed by atoms with Crippen molar-refractivity contribution in [2.45, 2.75) is 13.3 Å². The fraction of sp³-hybridized carbons (Fsp3) is 0.150. The van der Waals surface area contributed by atoms with Gasteiger partial charge in [0.25, 0.3) is 0 Å². The first-order valence-corrected chi connectivity index (χ1v) is 7.38. The zero-order valence-corrected chi connectivity index (χ0v) is 12.7. The van der Waals surface area contributed by atoms with Crippen LogP contribution in [0.5, 0.6) is 5.75 Å². The standard InChI is InChI=1S/C20H19NO/c1-2-3-4-5-6-15-22-20-13-11-19(12-14-20)18-9-7-17(16-21)8-10-18/h3-14H,2,15H2,1H3. The molecule has 0 bridgehead atoms. The van der Waals surface area contributed by atoms with Crippen LogP contribution in [0.2, 0.25) is 0 Å². The van der Waals surface area contributed by atoms with Crippen molar-refractivity contribution < 1.29 is 4.74 Å². The Morgan fingerprint density at radius 3 is 2.09 bits per heavy atom. The SMILES string of the molecule is CCC=CC=CCOc1ccc(-c2ccc(C#N)cc2)cc1. The van der Waals surface area contributed by atoms with E-state index in [-0.39, 0.29) is 0 Å². The second kappa shape index (κ2) is 8.49. The molecule has 110 valence electrons. The second-order valence-electron chi connectivity index (χ2n) is 4.79. The summed E-state index contributed by atoms with van der Waals surface area (Å²) in [5, 5.41) is 8.81. The topological polar surface area (TPSA) is 33.0 Å². The van der Waals surface area contributed by atoms with Crippen molar-refractivity contribution in [2.75, 3.05) is 6.61 Å². The quantitative estimate of drug-likeness (QED) is 0.691. The van der Waals surface area contributed by atoms with Crippen LogP contribution in [0.1, 0.15) is 18.9 Å². The molecule has 22 heavy (non-hydrogen) atoms. The van der Waals surface area contributed by atoms with E-state index in [9.17, 15) is 0 Å². The van der Waals surface area contributed by atoms with Gasteiger partial charge in [0.05, 0.1) is 11.6 Å². The summed E-state index contributed by atoms with van der Waals surface area (Å²) in [5.74, 6) is 0.849. The molecule has 0 unspecified atom stereocenters. The fourth-order valence-electron chi connectivity index (χ4n) is 1.97. The van der Waals surface area contributed by atoms with Crippen molar-refractivity contribution in [2.24, 2.45) is 0 Å². The highest BCUT2D eigenvalue weighted by Gasteiger charge is 1.99. The maximum absolute atomic E-state index is 8.81. The molecule has 0 saturated heterocycles. The minimum Gasteiger partial charge on any atom is -0.490 e. The van der Waals surface area contributed by atoms with Gasteiger partial charge < -0.3 is 4.74 Å². The number of nitriles is 1. The predicted octanol–water partition coefficient (Wildman–Crippen LogP) is 5.13. The third-order valence-corrected chi connectivity index (χ3v) is 3.17. The highest BCUT2D eigenvalue weighted by molar-refractivity contribution is 5.64. The summed E-state index contributed by atoms with van der Waals surface area (Å²) in [7, 11) is 0. The predicted molar refractivity (Wildman–Crippen MR) is 90.7 cm³/mol. The second-order valence-corrected chi connectivity index (χ2v) is 4.79. The van der Waals surface area contributed by atoms with Crippen molar-refractivity contribution in [1.29, 1.82) is 5.26 Å². The van der Waals surface area contributed by atoms with E-state index in [2.05, 4.69) is 19.1 Å². The number of hydrogen-bond acceptors (Lipinski definition) is 2. The average Bonchev–Trinajstić information content (AvgIpc) is 2.59. The molecule has 0 atom stereocenters. The average molecular weight is 289 g/mol. The van der Waals surface area contributed by atoms with Gasteiger partial charge in [0.1, 0.15) is 12.4 Å². The summed E-state index contributed by atoms with van der Waals surface area (Å²) in [6, 6.07) is 17.7. The molecule has 0 spiro atoms. The zero-order valence-electron chi connectivity index (χ0n) is 12.7. The molecule has 0 aromatic heterocycles. The fourth-order valence-corrected chi connectivity index (χ4v) is 1.97. The van der Waals surface area contributed by atoms with Gasteiger partial charge >= 0.3 is 0 Å². The minimum atomic E-state index is 0.560. The van der Waals surface area contributed by atoms with Crippen LogP contribution < -0.4 is 4.74 Å². The molecule has 0 fully saturated rings. The summed E-state index contributed by atoms with van der Waals surface area (Å²) in [6.07, 6.45) is 9.15. The van der Waals surface area contributed by atoms with E-state index in [4.69, 9.17) is 10.00 Å². The van der Waals surface area contributed by atoms with Gasteiger partial charge in [0.2, 0.25) is 0 Å². The smallest absolute Gasteiger partial charge is 0.119 e. The minimum absolute atomic E-state index is 0.560. The Balaban J connectivity index is 1.93. The lowest BCUT2D eigenvalue weighted by Crippen LogP contribution is -1.92. The molecule has 0 aliphatic carbocycles. The number of benzene rings is 2. The van der Waals surface area contributed by atoms with Crippen molar-refractivity contribution in [1.82, 2.24) is 0 Å². The Labute approximate surface area is 132 Å². The lowest BCUT2D eigenvalue weighted by molar-refractivity contribution is 0.363. The van der Waals surface area contributed by atoms with E-state index < -0.39 is 0 Å². The van der Waals surface area contributed by atoms with Crippen LogP contribution in [0.25, 0.3) is 11.1 Å². The lowest BCUT2D eigenvalue weighted by atomic mass is 10.0. The first kappa shape index (κ1) is 15.6. The van der Waals surface area contributed by atoms with Crippen LogP contribution in [0.4, 0.5) is 0 Å². The third-order valence-electron chi connectivity index (χ3n) is 3.17. The van der Waals surface area contributed by atoms with E-state index in [1.165, 1.54) is 0 Å². The summed E-state index contributed by atoms with van der Waals surface area (Å²) < 4.78 is 5.65. The normalized spacial score (nSPS) is 10.9. The number of hydrogen-bond donors (Lipinski definition) is 0. The van der Waals surface area contributed by atoms with Gasteiger partial charge in [0, 0.05) is 0 Å². The maximum Gasteiger partial charge on any atom is 0.119 e. The van der Waals surface area contributed by atoms with Crippen LogP contribution in [0.15, 0.2) is 72.8 Å². The lowest BCUT2D eigenvalue weighted by Gasteiger charge is -2.05. The van der Waals surface area contributed by atoms with Crippen molar-refractivity contribution in [3.8, 4) is 22.9 Å². The summed E-state index contributed by atoms with van der Waals surface area (Å²) >= 11 is 0. The van der Waals surface area contributed by atoms with E-state index in [1.54, 1.807) is 0 Å². The molecule has 0 heterocycles. The van der Waals surface area contributed by atoms with E-state index in [1.807, 2.05) is 66.8 Å². The Kier molecular flexibility index (Phi) is 6.02. The molecule has 0 saturated carbocycles. The molecule has 0 radical (unpaired) electrons. The van der Waals surface area contributed by atoms with E-state index in [0.29, 0.717) is 12.2 Å². The van der Waals surface area contributed by atoms with E-state index in [0.717, 1.165) is 23.3 Å².